The van der Waals surface area contributed by atoms with Crippen LogP contribution in [-0.4, -0.2) is 25.0 Å². The normalized spacial score (nSPS) is 11.5. The number of rotatable bonds is 6. The van der Waals surface area contributed by atoms with E-state index in [0.717, 1.165) is 14.9 Å². The molecule has 27 heavy (non-hydrogen) atoms. The Kier molecular flexibility index (Phi) is 5.93. The highest BCUT2D eigenvalue weighted by Crippen LogP contribution is 2.30. The van der Waals surface area contributed by atoms with Gasteiger partial charge in [-0.2, -0.15) is 5.26 Å². The number of anilines is 2. The van der Waals surface area contributed by atoms with Crippen molar-refractivity contribution in [3.8, 4) is 11.8 Å². The molecule has 2 aromatic rings. The number of hydrogen-bond acceptors (Lipinski definition) is 7. The monoisotopic (exact) mass is 475 g/mol. The lowest BCUT2D eigenvalue weighted by Gasteiger charge is -2.08. The van der Waals surface area contributed by atoms with Crippen LogP contribution in [0.1, 0.15) is 0 Å². The van der Waals surface area contributed by atoms with Gasteiger partial charge < -0.3 is 20.1 Å². The zero-order valence-corrected chi connectivity index (χ0v) is 16.1. The third-order valence-corrected chi connectivity index (χ3v) is 4.34. The van der Waals surface area contributed by atoms with Crippen LogP contribution in [0.2, 0.25) is 0 Å². The standard InChI is InChI=1S/C19H14IN3O4/c20-12-5-7-13(8-6-12)26-11-18(25)27-10-17(24)14(9-21)19-22-15-3-1-2-4-16(15)23-19/h1-8,22-23H,10-11H2. The number of ketones is 1. The summed E-state index contributed by atoms with van der Waals surface area (Å²) in [4.78, 5) is 24.0. The number of nitrogens with one attached hydrogen (secondary N) is 2. The van der Waals surface area contributed by atoms with E-state index in [4.69, 9.17) is 9.47 Å². The number of hydrogen-bond donors (Lipinski definition) is 2. The Balaban J connectivity index is 1.53. The van der Waals surface area contributed by atoms with Gasteiger partial charge in [-0.15, -0.1) is 0 Å². The van der Waals surface area contributed by atoms with E-state index >= 15 is 0 Å². The summed E-state index contributed by atoms with van der Waals surface area (Å²) in [5.74, 6) is -0.506. The highest BCUT2D eigenvalue weighted by atomic mass is 127. The topological polar surface area (TPSA) is 100 Å². The molecule has 0 aromatic heterocycles. The smallest absolute Gasteiger partial charge is 0.344 e. The van der Waals surface area contributed by atoms with Crippen molar-refractivity contribution in [3.05, 3.63) is 63.5 Å². The number of ether oxygens (including phenoxy) is 2. The van der Waals surface area contributed by atoms with Gasteiger partial charge in [0.25, 0.3) is 0 Å². The second-order valence-electron chi connectivity index (χ2n) is 5.48. The highest BCUT2D eigenvalue weighted by molar-refractivity contribution is 14.1. The van der Waals surface area contributed by atoms with Gasteiger partial charge in [-0.25, -0.2) is 4.79 Å². The lowest BCUT2D eigenvalue weighted by Crippen LogP contribution is -2.22. The minimum absolute atomic E-state index is 0.141. The van der Waals surface area contributed by atoms with Crippen molar-refractivity contribution in [2.75, 3.05) is 23.8 Å². The quantitative estimate of drug-likeness (QED) is 0.287. The molecule has 136 valence electrons. The molecule has 1 heterocycles. The first kappa shape index (κ1) is 18.7. The molecule has 0 bridgehead atoms. The maximum atomic E-state index is 12.2. The van der Waals surface area contributed by atoms with Crippen molar-refractivity contribution in [3.63, 3.8) is 0 Å². The molecule has 1 aliphatic heterocycles. The molecular weight excluding hydrogens is 461 g/mol. The molecule has 0 atom stereocenters. The second kappa shape index (κ2) is 8.55. The van der Waals surface area contributed by atoms with Crippen molar-refractivity contribution in [2.24, 2.45) is 0 Å². The number of Topliss-reactive ketones (excluding diaryl/α,β-unsaturated/α-hetero) is 1. The Morgan fingerprint density at radius 1 is 1.00 bits per heavy atom. The number of halogens is 1. The summed E-state index contributed by atoms with van der Waals surface area (Å²) in [6, 6.07) is 16.3. The number of para-hydroxylation sites is 2. The van der Waals surface area contributed by atoms with Crippen molar-refractivity contribution in [1.29, 1.82) is 5.26 Å². The van der Waals surface area contributed by atoms with Crippen molar-refractivity contribution in [2.45, 2.75) is 0 Å². The number of esters is 1. The molecule has 0 aliphatic carbocycles. The van der Waals surface area contributed by atoms with E-state index in [9.17, 15) is 14.9 Å². The maximum Gasteiger partial charge on any atom is 0.344 e. The van der Waals surface area contributed by atoms with Crippen LogP contribution in [0, 0.1) is 14.9 Å². The number of nitrogens with zero attached hydrogens (tertiary/aromatic N) is 1. The van der Waals surface area contributed by atoms with Crippen LogP contribution >= 0.6 is 22.6 Å². The van der Waals surface area contributed by atoms with Crippen molar-refractivity contribution < 1.29 is 19.1 Å². The van der Waals surface area contributed by atoms with E-state index in [1.165, 1.54) is 0 Å². The van der Waals surface area contributed by atoms with E-state index in [1.54, 1.807) is 12.1 Å². The molecule has 2 aromatic carbocycles. The lowest BCUT2D eigenvalue weighted by atomic mass is 10.2. The molecule has 0 saturated heterocycles. The summed E-state index contributed by atoms with van der Waals surface area (Å²) in [6.45, 7) is -0.866. The lowest BCUT2D eigenvalue weighted by molar-refractivity contribution is -0.149. The number of fused-ring (bicyclic) bond motifs is 1. The first-order valence-corrected chi connectivity index (χ1v) is 8.99. The molecule has 0 saturated carbocycles. The highest BCUT2D eigenvalue weighted by Gasteiger charge is 2.22. The molecule has 0 fully saturated rings. The molecule has 8 heteroatoms. The number of carbonyl (C=O) groups is 2. The zero-order chi connectivity index (χ0) is 19.2. The van der Waals surface area contributed by atoms with Gasteiger partial charge in [0.2, 0.25) is 5.78 Å². The molecule has 0 radical (unpaired) electrons. The van der Waals surface area contributed by atoms with Crippen LogP contribution < -0.4 is 15.4 Å². The SMILES string of the molecule is N#CC(C(=O)COC(=O)COc1ccc(I)cc1)=C1Nc2ccccc2N1. The van der Waals surface area contributed by atoms with Gasteiger partial charge in [-0.1, -0.05) is 12.1 Å². The van der Waals surface area contributed by atoms with Crippen LogP contribution in [0.4, 0.5) is 11.4 Å². The van der Waals surface area contributed by atoms with E-state index in [-0.39, 0.29) is 18.0 Å². The molecule has 7 nitrogen and oxygen atoms in total. The van der Waals surface area contributed by atoms with Crippen LogP contribution in [0.5, 0.6) is 5.75 Å². The molecule has 3 rings (SSSR count). The first-order chi connectivity index (χ1) is 13.1. The van der Waals surface area contributed by atoms with Gasteiger partial charge in [-0.3, -0.25) is 4.79 Å². The Bertz CT molecular complexity index is 921. The molecule has 2 N–H and O–H groups in total. The van der Waals surface area contributed by atoms with Crippen LogP contribution in [0.15, 0.2) is 59.9 Å². The van der Waals surface area contributed by atoms with E-state index in [2.05, 4.69) is 33.2 Å². The molecule has 1 aliphatic rings. The molecule has 0 amide bonds. The summed E-state index contributed by atoms with van der Waals surface area (Å²) in [5.41, 5.74) is 1.38. The van der Waals surface area contributed by atoms with E-state index in [0.29, 0.717) is 5.75 Å². The van der Waals surface area contributed by atoms with Gasteiger partial charge in [0, 0.05) is 3.57 Å². The number of benzene rings is 2. The molecular formula is C19H14IN3O4. The Morgan fingerprint density at radius 3 is 2.22 bits per heavy atom. The summed E-state index contributed by atoms with van der Waals surface area (Å²) in [6.07, 6.45) is 0. The predicted molar refractivity (Wildman–Crippen MR) is 107 cm³/mol. The van der Waals surface area contributed by atoms with Crippen LogP contribution in [0.25, 0.3) is 0 Å². The van der Waals surface area contributed by atoms with E-state index < -0.39 is 18.4 Å². The molecule has 0 spiro atoms. The van der Waals surface area contributed by atoms with Gasteiger partial charge in [0.05, 0.1) is 11.4 Å². The fraction of sp³-hybridized carbons (Fsp3) is 0.105. The average molecular weight is 475 g/mol. The zero-order valence-electron chi connectivity index (χ0n) is 14.0. The average Bonchev–Trinajstić information content (AvgIpc) is 3.10. The van der Waals surface area contributed by atoms with Crippen molar-refractivity contribution >= 4 is 45.7 Å². The van der Waals surface area contributed by atoms with Crippen LogP contribution in [0.3, 0.4) is 0 Å². The fourth-order valence-corrected chi connectivity index (χ4v) is 2.68. The summed E-state index contributed by atoms with van der Waals surface area (Å²) < 4.78 is 11.2. The Morgan fingerprint density at radius 2 is 1.63 bits per heavy atom. The minimum atomic E-state index is -0.695. The third-order valence-electron chi connectivity index (χ3n) is 3.62. The summed E-state index contributed by atoms with van der Waals surface area (Å²) in [7, 11) is 0. The Labute approximate surface area is 169 Å². The van der Waals surface area contributed by atoms with Gasteiger partial charge in [0.15, 0.2) is 13.2 Å². The summed E-state index contributed by atoms with van der Waals surface area (Å²) in [5, 5.41) is 15.2. The Hall–Kier alpha value is -3.06. The van der Waals surface area contributed by atoms with E-state index in [1.807, 2.05) is 42.5 Å². The predicted octanol–water partition coefficient (Wildman–Crippen LogP) is 3.06. The summed E-state index contributed by atoms with van der Waals surface area (Å²) >= 11 is 2.16. The second-order valence-corrected chi connectivity index (χ2v) is 6.73. The number of nitriles is 1. The third kappa shape index (κ3) is 4.77. The maximum absolute atomic E-state index is 12.2. The van der Waals surface area contributed by atoms with Gasteiger partial charge in [0.1, 0.15) is 23.2 Å². The van der Waals surface area contributed by atoms with Gasteiger partial charge >= 0.3 is 5.97 Å². The minimum Gasteiger partial charge on any atom is -0.482 e. The number of carbonyl (C=O) groups excluding carboxylic acids is 2. The first-order valence-electron chi connectivity index (χ1n) is 7.91. The van der Waals surface area contributed by atoms with Gasteiger partial charge in [-0.05, 0) is 59.0 Å². The largest absolute Gasteiger partial charge is 0.482 e. The van der Waals surface area contributed by atoms with Crippen molar-refractivity contribution in [1.82, 2.24) is 0 Å². The van der Waals surface area contributed by atoms with Crippen LogP contribution in [-0.2, 0) is 14.3 Å². The fourth-order valence-electron chi connectivity index (χ4n) is 2.32. The molecule has 0 unspecified atom stereocenters.